The molecule has 0 unspecified atom stereocenters. The molecule has 2 aromatic rings. The van der Waals surface area contributed by atoms with Crippen LogP contribution in [0.1, 0.15) is 11.3 Å². The van der Waals surface area contributed by atoms with Crippen LogP contribution in [0.5, 0.6) is 11.5 Å². The quantitative estimate of drug-likeness (QED) is 0.687. The summed E-state index contributed by atoms with van der Waals surface area (Å²) in [6.07, 6.45) is 0. The number of anilines is 1. The molecule has 0 saturated heterocycles. The van der Waals surface area contributed by atoms with Crippen LogP contribution >= 0.6 is 0 Å². The van der Waals surface area contributed by atoms with E-state index in [0.717, 1.165) is 17.1 Å². The highest BCUT2D eigenvalue weighted by molar-refractivity contribution is 5.50. The van der Waals surface area contributed by atoms with Gasteiger partial charge >= 0.3 is 0 Å². The van der Waals surface area contributed by atoms with E-state index in [1.165, 1.54) is 6.07 Å². The molecule has 3 rings (SSSR count). The number of benzene rings is 1. The second kappa shape index (κ2) is 5.28. The molecule has 7 nitrogen and oxygen atoms in total. The van der Waals surface area contributed by atoms with Gasteiger partial charge in [-0.2, -0.15) is 0 Å². The molecule has 7 heteroatoms. The van der Waals surface area contributed by atoms with E-state index in [-0.39, 0.29) is 12.5 Å². The Labute approximate surface area is 120 Å². The van der Waals surface area contributed by atoms with Crippen LogP contribution in [0, 0.1) is 17.0 Å². The van der Waals surface area contributed by atoms with Crippen LogP contribution in [-0.2, 0) is 6.54 Å². The number of ether oxygens (including phenoxy) is 2. The summed E-state index contributed by atoms with van der Waals surface area (Å²) in [6.45, 7) is 2.33. The maximum absolute atomic E-state index is 10.8. The molecule has 21 heavy (non-hydrogen) atoms. The van der Waals surface area contributed by atoms with Crippen LogP contribution < -0.4 is 14.8 Å². The standard InChI is InChI=1S/C14H13N3O4/c1-9-11(17(18)19)5-6-13(16-9)15-7-10-3-2-4-12-14(10)21-8-20-12/h2-6H,7-8H2,1H3,(H,15,16). The van der Waals surface area contributed by atoms with Gasteiger partial charge in [-0.3, -0.25) is 10.1 Å². The molecular weight excluding hydrogens is 274 g/mol. The van der Waals surface area contributed by atoms with E-state index < -0.39 is 4.92 Å². The van der Waals surface area contributed by atoms with Gasteiger partial charge in [0.2, 0.25) is 6.79 Å². The summed E-state index contributed by atoms with van der Waals surface area (Å²) in [7, 11) is 0. The number of nitrogens with one attached hydrogen (secondary N) is 1. The fourth-order valence-electron chi connectivity index (χ4n) is 2.16. The molecule has 1 N–H and O–H groups in total. The normalized spacial score (nSPS) is 12.2. The maximum atomic E-state index is 10.8. The van der Waals surface area contributed by atoms with Crippen LogP contribution in [0.4, 0.5) is 11.5 Å². The minimum atomic E-state index is -0.443. The van der Waals surface area contributed by atoms with Gasteiger partial charge in [0.15, 0.2) is 11.5 Å². The van der Waals surface area contributed by atoms with E-state index in [1.807, 2.05) is 18.2 Å². The number of pyridine rings is 1. The van der Waals surface area contributed by atoms with Gasteiger partial charge in [-0.15, -0.1) is 0 Å². The Morgan fingerprint density at radius 3 is 2.95 bits per heavy atom. The molecule has 108 valence electrons. The lowest BCUT2D eigenvalue weighted by Gasteiger charge is -2.08. The fraction of sp³-hybridized carbons (Fsp3) is 0.214. The topological polar surface area (TPSA) is 86.5 Å². The molecule has 2 heterocycles. The molecule has 1 aliphatic rings. The molecular formula is C14H13N3O4. The van der Waals surface area contributed by atoms with Crippen LogP contribution in [0.3, 0.4) is 0 Å². The predicted molar refractivity (Wildman–Crippen MR) is 75.5 cm³/mol. The van der Waals surface area contributed by atoms with Gasteiger partial charge in [0.25, 0.3) is 5.69 Å². The summed E-state index contributed by atoms with van der Waals surface area (Å²) >= 11 is 0. The van der Waals surface area contributed by atoms with Crippen molar-refractivity contribution < 1.29 is 14.4 Å². The summed E-state index contributed by atoms with van der Waals surface area (Å²) in [5, 5.41) is 13.9. The highest BCUT2D eigenvalue weighted by Gasteiger charge is 2.17. The van der Waals surface area contributed by atoms with Gasteiger partial charge in [0.1, 0.15) is 11.5 Å². The third-order valence-corrected chi connectivity index (χ3v) is 3.19. The van der Waals surface area contributed by atoms with Gasteiger partial charge in [0, 0.05) is 18.2 Å². The molecule has 0 aliphatic carbocycles. The Morgan fingerprint density at radius 2 is 2.19 bits per heavy atom. The summed E-state index contributed by atoms with van der Waals surface area (Å²) in [5.41, 5.74) is 1.34. The monoisotopic (exact) mass is 287 g/mol. The Kier molecular flexibility index (Phi) is 3.31. The van der Waals surface area contributed by atoms with Crippen molar-refractivity contribution in [2.75, 3.05) is 12.1 Å². The van der Waals surface area contributed by atoms with E-state index in [2.05, 4.69) is 10.3 Å². The zero-order valence-corrected chi connectivity index (χ0v) is 11.3. The largest absolute Gasteiger partial charge is 0.454 e. The first-order valence-corrected chi connectivity index (χ1v) is 6.38. The van der Waals surface area contributed by atoms with Crippen molar-refractivity contribution in [3.63, 3.8) is 0 Å². The van der Waals surface area contributed by atoms with Crippen molar-refractivity contribution in [3.8, 4) is 11.5 Å². The molecule has 0 fully saturated rings. The number of nitrogens with zero attached hydrogens (tertiary/aromatic N) is 2. The molecule has 0 spiro atoms. The van der Waals surface area contributed by atoms with E-state index in [4.69, 9.17) is 9.47 Å². The maximum Gasteiger partial charge on any atom is 0.290 e. The predicted octanol–water partition coefficient (Wildman–Crippen LogP) is 2.64. The first kappa shape index (κ1) is 13.2. The SMILES string of the molecule is Cc1nc(NCc2cccc3c2OCO3)ccc1[N+](=O)[O-]. The van der Waals surface area contributed by atoms with Crippen molar-refractivity contribution in [1.29, 1.82) is 0 Å². The summed E-state index contributed by atoms with van der Waals surface area (Å²) in [4.78, 5) is 14.5. The summed E-state index contributed by atoms with van der Waals surface area (Å²) in [6, 6.07) is 8.70. The summed E-state index contributed by atoms with van der Waals surface area (Å²) in [5.74, 6) is 2.03. The molecule has 1 aromatic heterocycles. The number of nitro groups is 1. The van der Waals surface area contributed by atoms with Crippen LogP contribution in [0.25, 0.3) is 0 Å². The lowest BCUT2D eigenvalue weighted by atomic mass is 10.2. The van der Waals surface area contributed by atoms with E-state index in [0.29, 0.717) is 18.1 Å². The molecule has 0 radical (unpaired) electrons. The van der Waals surface area contributed by atoms with Crippen LogP contribution in [0.15, 0.2) is 30.3 Å². The van der Waals surface area contributed by atoms with E-state index in [9.17, 15) is 10.1 Å². The lowest BCUT2D eigenvalue weighted by Crippen LogP contribution is -2.04. The number of fused-ring (bicyclic) bond motifs is 1. The molecule has 0 saturated carbocycles. The Bertz CT molecular complexity index is 703. The number of aryl methyl sites for hydroxylation is 1. The van der Waals surface area contributed by atoms with E-state index in [1.54, 1.807) is 13.0 Å². The van der Waals surface area contributed by atoms with Gasteiger partial charge in [0.05, 0.1) is 4.92 Å². The third kappa shape index (κ3) is 2.58. The zero-order chi connectivity index (χ0) is 14.8. The molecule has 0 atom stereocenters. The van der Waals surface area contributed by atoms with Gasteiger partial charge in [-0.1, -0.05) is 12.1 Å². The lowest BCUT2D eigenvalue weighted by molar-refractivity contribution is -0.385. The number of rotatable bonds is 4. The molecule has 0 bridgehead atoms. The number of hydrogen-bond acceptors (Lipinski definition) is 6. The van der Waals surface area contributed by atoms with Crippen LogP contribution in [-0.4, -0.2) is 16.7 Å². The fourth-order valence-corrected chi connectivity index (χ4v) is 2.16. The highest BCUT2D eigenvalue weighted by Crippen LogP contribution is 2.35. The summed E-state index contributed by atoms with van der Waals surface area (Å²) < 4.78 is 10.7. The Balaban J connectivity index is 1.75. The number of hydrogen-bond donors (Lipinski definition) is 1. The Hall–Kier alpha value is -2.83. The smallest absolute Gasteiger partial charge is 0.290 e. The molecule has 1 aromatic carbocycles. The average Bonchev–Trinajstić information content (AvgIpc) is 2.93. The van der Waals surface area contributed by atoms with Gasteiger partial charge < -0.3 is 14.8 Å². The average molecular weight is 287 g/mol. The minimum absolute atomic E-state index is 0.0119. The second-order valence-corrected chi connectivity index (χ2v) is 4.56. The van der Waals surface area contributed by atoms with Crippen molar-refractivity contribution in [2.24, 2.45) is 0 Å². The van der Waals surface area contributed by atoms with Crippen molar-refractivity contribution in [2.45, 2.75) is 13.5 Å². The van der Waals surface area contributed by atoms with Crippen molar-refractivity contribution >= 4 is 11.5 Å². The first-order chi connectivity index (χ1) is 10.1. The Morgan fingerprint density at radius 1 is 1.33 bits per heavy atom. The van der Waals surface area contributed by atoms with Gasteiger partial charge in [-0.05, 0) is 19.1 Å². The minimum Gasteiger partial charge on any atom is -0.454 e. The number of para-hydroxylation sites is 1. The second-order valence-electron chi connectivity index (χ2n) is 4.56. The van der Waals surface area contributed by atoms with Crippen molar-refractivity contribution in [3.05, 3.63) is 51.7 Å². The van der Waals surface area contributed by atoms with Gasteiger partial charge in [-0.25, -0.2) is 4.98 Å². The van der Waals surface area contributed by atoms with Crippen LogP contribution in [0.2, 0.25) is 0 Å². The first-order valence-electron chi connectivity index (χ1n) is 6.38. The van der Waals surface area contributed by atoms with Crippen molar-refractivity contribution in [1.82, 2.24) is 4.98 Å². The third-order valence-electron chi connectivity index (χ3n) is 3.19. The number of aromatic nitrogens is 1. The zero-order valence-electron chi connectivity index (χ0n) is 11.3. The highest BCUT2D eigenvalue weighted by atomic mass is 16.7. The molecule has 1 aliphatic heterocycles. The molecule has 0 amide bonds. The van der Waals surface area contributed by atoms with E-state index >= 15 is 0 Å².